The summed E-state index contributed by atoms with van der Waals surface area (Å²) in [7, 11) is 0. The average Bonchev–Trinajstić information content (AvgIpc) is 3.53. The molecule has 0 radical (unpaired) electrons. The summed E-state index contributed by atoms with van der Waals surface area (Å²) in [4.78, 5) is 18.6. The van der Waals surface area contributed by atoms with Gasteiger partial charge in [-0.2, -0.15) is 0 Å². The number of carbonyl (C=O) groups excluding carboxylic acids is 1. The molecule has 4 nitrogen and oxygen atoms in total. The molecule has 2 saturated heterocycles. The molecule has 160 valence electrons. The highest BCUT2D eigenvalue weighted by Gasteiger charge is 2.45. The van der Waals surface area contributed by atoms with Crippen molar-refractivity contribution in [1.82, 2.24) is 9.80 Å². The second kappa shape index (κ2) is 8.45. The van der Waals surface area contributed by atoms with E-state index in [-0.39, 0.29) is 11.5 Å². The normalized spacial score (nSPS) is 23.8. The van der Waals surface area contributed by atoms with Crippen molar-refractivity contribution in [2.75, 3.05) is 19.7 Å². The molecule has 0 N–H and O–H groups in total. The molecule has 3 fully saturated rings. The van der Waals surface area contributed by atoms with Crippen molar-refractivity contribution in [1.29, 1.82) is 0 Å². The molecule has 5 heteroatoms. The Balaban J connectivity index is 1.24. The first kappa shape index (κ1) is 20.2. The number of nitrogens with zero attached hydrogens (tertiary/aromatic N) is 2. The topological polar surface area (TPSA) is 32.8 Å². The maximum Gasteiger partial charge on any atom is 0.264 e. The van der Waals surface area contributed by atoms with Crippen LogP contribution in [0.2, 0.25) is 0 Å². The fraction of sp³-hybridized carbons (Fsp3) is 0.560. The quantitative estimate of drug-likeness (QED) is 0.686. The van der Waals surface area contributed by atoms with E-state index >= 15 is 0 Å². The van der Waals surface area contributed by atoms with E-state index in [2.05, 4.69) is 35.2 Å². The number of amides is 1. The molecule has 2 aliphatic heterocycles. The van der Waals surface area contributed by atoms with Crippen LogP contribution in [0.3, 0.4) is 0 Å². The molecule has 30 heavy (non-hydrogen) atoms. The first-order valence-electron chi connectivity index (χ1n) is 11.4. The summed E-state index contributed by atoms with van der Waals surface area (Å²) in [6.45, 7) is 5.55. The van der Waals surface area contributed by atoms with Gasteiger partial charge in [0.2, 0.25) is 0 Å². The smallest absolute Gasteiger partial charge is 0.264 e. The molecule has 1 spiro atoms. The molecular weight excluding hydrogens is 392 g/mol. The van der Waals surface area contributed by atoms with Crippen molar-refractivity contribution in [3.05, 3.63) is 57.8 Å². The van der Waals surface area contributed by atoms with E-state index in [1.165, 1.54) is 18.4 Å². The predicted molar refractivity (Wildman–Crippen MR) is 121 cm³/mol. The van der Waals surface area contributed by atoms with Gasteiger partial charge in [0.1, 0.15) is 0 Å². The van der Waals surface area contributed by atoms with Gasteiger partial charge in [0.05, 0.1) is 10.5 Å². The molecular formula is C25H32N2O2S. The number of hydrogen-bond acceptors (Lipinski definition) is 4. The van der Waals surface area contributed by atoms with E-state index in [9.17, 15) is 4.79 Å². The van der Waals surface area contributed by atoms with Gasteiger partial charge in [0.15, 0.2) is 0 Å². The van der Waals surface area contributed by atoms with E-state index in [4.69, 9.17) is 4.74 Å². The summed E-state index contributed by atoms with van der Waals surface area (Å²) < 4.78 is 6.42. The summed E-state index contributed by atoms with van der Waals surface area (Å²) in [6.07, 6.45) is 6.82. The lowest BCUT2D eigenvalue weighted by atomic mass is 9.81. The number of piperidine rings is 1. The van der Waals surface area contributed by atoms with Gasteiger partial charge in [0.25, 0.3) is 5.91 Å². The third kappa shape index (κ3) is 4.20. The van der Waals surface area contributed by atoms with Gasteiger partial charge in [-0.1, -0.05) is 30.3 Å². The second-order valence-corrected chi connectivity index (χ2v) is 10.2. The third-order valence-corrected chi connectivity index (χ3v) is 8.18. The number of hydrogen-bond donors (Lipinski definition) is 0. The summed E-state index contributed by atoms with van der Waals surface area (Å²) in [5.41, 5.74) is 2.46. The highest BCUT2D eigenvalue weighted by Crippen LogP contribution is 2.41. The number of benzene rings is 1. The Bertz CT molecular complexity index is 868. The number of rotatable bonds is 5. The van der Waals surface area contributed by atoms with Crippen LogP contribution in [-0.4, -0.2) is 53.1 Å². The van der Waals surface area contributed by atoms with Crippen LogP contribution in [0, 0.1) is 6.92 Å². The van der Waals surface area contributed by atoms with Crippen LogP contribution < -0.4 is 0 Å². The largest absolute Gasteiger partial charge is 0.375 e. The Morgan fingerprint density at radius 3 is 2.57 bits per heavy atom. The van der Waals surface area contributed by atoms with Crippen LogP contribution in [0.5, 0.6) is 0 Å². The van der Waals surface area contributed by atoms with E-state index in [0.717, 1.165) is 68.4 Å². The Hall–Kier alpha value is -1.69. The van der Waals surface area contributed by atoms with Crippen molar-refractivity contribution in [3.8, 4) is 0 Å². The minimum Gasteiger partial charge on any atom is -0.375 e. The standard InChI is InChI=1S/C25H32N2O2S/c1-19-10-16-30-23(19)24(28)26-13-11-25(12-14-26)17-22(9-15-29-25)27(21-7-8-21)18-20-5-3-2-4-6-20/h2-6,10,16,21-22H,7-9,11-15,17-18H2,1H3. The molecule has 1 aromatic heterocycles. The lowest BCUT2D eigenvalue weighted by Crippen LogP contribution is -2.54. The molecule has 3 aliphatic rings. The molecule has 3 heterocycles. The number of ether oxygens (including phenoxy) is 1. The lowest BCUT2D eigenvalue weighted by molar-refractivity contribution is -0.131. The molecule has 0 bridgehead atoms. The van der Waals surface area contributed by atoms with Gasteiger partial charge in [0, 0.05) is 38.3 Å². The minimum atomic E-state index is -0.0476. The van der Waals surface area contributed by atoms with Crippen LogP contribution in [0.4, 0.5) is 0 Å². The van der Waals surface area contributed by atoms with Crippen molar-refractivity contribution < 1.29 is 9.53 Å². The fourth-order valence-corrected chi connectivity index (χ4v) is 6.14. The summed E-state index contributed by atoms with van der Waals surface area (Å²) in [5.74, 6) is 0.202. The average molecular weight is 425 g/mol. The van der Waals surface area contributed by atoms with Gasteiger partial charge >= 0.3 is 0 Å². The van der Waals surface area contributed by atoms with E-state index < -0.39 is 0 Å². The van der Waals surface area contributed by atoms with Crippen molar-refractivity contribution in [2.24, 2.45) is 0 Å². The minimum absolute atomic E-state index is 0.0476. The zero-order valence-corrected chi connectivity index (χ0v) is 18.7. The van der Waals surface area contributed by atoms with Gasteiger partial charge in [-0.15, -0.1) is 11.3 Å². The monoisotopic (exact) mass is 424 g/mol. The first-order valence-corrected chi connectivity index (χ1v) is 12.3. The van der Waals surface area contributed by atoms with Crippen LogP contribution in [0.15, 0.2) is 41.8 Å². The fourth-order valence-electron chi connectivity index (χ4n) is 5.24. The number of thiophene rings is 1. The highest BCUT2D eigenvalue weighted by molar-refractivity contribution is 7.12. The molecule has 5 rings (SSSR count). The molecule has 1 amide bonds. The van der Waals surface area contributed by atoms with Crippen LogP contribution in [-0.2, 0) is 11.3 Å². The second-order valence-electron chi connectivity index (χ2n) is 9.29. The van der Waals surface area contributed by atoms with E-state index in [1.807, 2.05) is 23.3 Å². The Morgan fingerprint density at radius 1 is 1.13 bits per heavy atom. The van der Waals surface area contributed by atoms with Crippen LogP contribution >= 0.6 is 11.3 Å². The van der Waals surface area contributed by atoms with Crippen LogP contribution in [0.25, 0.3) is 0 Å². The summed E-state index contributed by atoms with van der Waals surface area (Å²) in [6, 6.07) is 14.3. The van der Waals surface area contributed by atoms with Crippen molar-refractivity contribution in [3.63, 3.8) is 0 Å². The van der Waals surface area contributed by atoms with Crippen molar-refractivity contribution in [2.45, 2.75) is 69.7 Å². The lowest BCUT2D eigenvalue weighted by Gasteiger charge is -2.48. The predicted octanol–water partition coefficient (Wildman–Crippen LogP) is 4.87. The highest BCUT2D eigenvalue weighted by atomic mass is 32.1. The molecule has 1 aliphatic carbocycles. The van der Waals surface area contributed by atoms with Gasteiger partial charge in [-0.3, -0.25) is 9.69 Å². The Morgan fingerprint density at radius 2 is 1.90 bits per heavy atom. The summed E-state index contributed by atoms with van der Waals surface area (Å²) in [5, 5.41) is 2.02. The zero-order valence-electron chi connectivity index (χ0n) is 17.9. The molecule has 1 saturated carbocycles. The number of likely N-dealkylation sites (tertiary alicyclic amines) is 1. The van der Waals surface area contributed by atoms with Gasteiger partial charge in [-0.05, 0) is 68.0 Å². The molecule has 2 aromatic rings. The maximum absolute atomic E-state index is 12.9. The number of aryl methyl sites for hydroxylation is 1. The molecule has 1 unspecified atom stereocenters. The first-order chi connectivity index (χ1) is 14.6. The van der Waals surface area contributed by atoms with Crippen molar-refractivity contribution >= 4 is 17.2 Å². The van der Waals surface area contributed by atoms with E-state index in [0.29, 0.717) is 6.04 Å². The third-order valence-electron chi connectivity index (χ3n) is 7.18. The number of carbonyl (C=O) groups is 1. The van der Waals surface area contributed by atoms with Crippen LogP contribution in [0.1, 0.15) is 59.3 Å². The van der Waals surface area contributed by atoms with Gasteiger partial charge in [-0.25, -0.2) is 0 Å². The SMILES string of the molecule is Cc1ccsc1C(=O)N1CCC2(CC1)CC(N(Cc1ccccc1)C1CC1)CCO2. The molecule has 1 aromatic carbocycles. The summed E-state index contributed by atoms with van der Waals surface area (Å²) >= 11 is 1.56. The maximum atomic E-state index is 12.9. The zero-order chi connectivity index (χ0) is 20.6. The Labute approximate surface area is 183 Å². The molecule has 1 atom stereocenters. The Kier molecular flexibility index (Phi) is 5.69. The van der Waals surface area contributed by atoms with Gasteiger partial charge < -0.3 is 9.64 Å². The van der Waals surface area contributed by atoms with E-state index in [1.54, 1.807) is 11.3 Å².